The molecule has 5 heteroatoms. The molecule has 0 aliphatic carbocycles. The lowest BCUT2D eigenvalue weighted by Crippen LogP contribution is -2.49. The molecule has 140 valence electrons. The van der Waals surface area contributed by atoms with Gasteiger partial charge in [0.1, 0.15) is 17.7 Å². The zero-order chi connectivity index (χ0) is 19.0. The van der Waals surface area contributed by atoms with E-state index in [4.69, 9.17) is 4.74 Å². The number of hydrogen-bond donors (Lipinski definition) is 2. The van der Waals surface area contributed by atoms with Crippen LogP contribution in [0.2, 0.25) is 0 Å². The Kier molecular flexibility index (Phi) is 8.10. The van der Waals surface area contributed by atoms with Gasteiger partial charge >= 0.3 is 11.9 Å². The zero-order valence-electron chi connectivity index (χ0n) is 15.9. The van der Waals surface area contributed by atoms with E-state index >= 15 is 0 Å². The SMILES string of the molecule is CC(C)C[C@H](N[C@@H](CCc1ccccc1)C(=O)OC(C)(C)C)C(=O)O. The Labute approximate surface area is 150 Å². The molecule has 2 atom stereocenters. The molecule has 0 aliphatic rings. The number of carboxylic acid groups (broad SMARTS) is 1. The quantitative estimate of drug-likeness (QED) is 0.668. The number of aliphatic carboxylic acids is 1. The van der Waals surface area contributed by atoms with E-state index in [1.54, 1.807) is 0 Å². The molecular weight excluding hydrogens is 318 g/mol. The van der Waals surface area contributed by atoms with E-state index in [1.165, 1.54) is 0 Å². The molecule has 0 amide bonds. The van der Waals surface area contributed by atoms with Crippen LogP contribution in [0.15, 0.2) is 30.3 Å². The standard InChI is InChI=1S/C20H31NO4/c1-14(2)13-17(18(22)23)21-16(19(24)25-20(3,4)5)12-11-15-9-7-6-8-10-15/h6-10,14,16-17,21H,11-13H2,1-5H3,(H,22,23)/t16-,17-/m0/s1. The monoisotopic (exact) mass is 349 g/mol. The number of aryl methyl sites for hydroxylation is 1. The first-order chi connectivity index (χ1) is 11.6. The molecule has 1 aromatic carbocycles. The Bertz CT molecular complexity index is 549. The van der Waals surface area contributed by atoms with Crippen molar-refractivity contribution in [2.24, 2.45) is 5.92 Å². The van der Waals surface area contributed by atoms with Crippen molar-refractivity contribution in [2.45, 2.75) is 71.6 Å². The second-order valence-corrected chi connectivity index (χ2v) is 7.80. The third kappa shape index (κ3) is 8.68. The lowest BCUT2D eigenvalue weighted by Gasteiger charge is -2.27. The van der Waals surface area contributed by atoms with Crippen LogP contribution in [0.5, 0.6) is 0 Å². The Morgan fingerprint density at radius 3 is 2.20 bits per heavy atom. The first kappa shape index (κ1) is 21.2. The van der Waals surface area contributed by atoms with Crippen molar-refractivity contribution in [3.8, 4) is 0 Å². The van der Waals surface area contributed by atoms with Gasteiger partial charge < -0.3 is 9.84 Å². The van der Waals surface area contributed by atoms with Crippen molar-refractivity contribution in [3.63, 3.8) is 0 Å². The number of benzene rings is 1. The molecule has 0 saturated heterocycles. The fourth-order valence-corrected chi connectivity index (χ4v) is 2.55. The molecule has 0 aliphatic heterocycles. The maximum absolute atomic E-state index is 12.5. The number of carbonyl (C=O) groups is 2. The molecule has 0 spiro atoms. The summed E-state index contributed by atoms with van der Waals surface area (Å²) in [7, 11) is 0. The van der Waals surface area contributed by atoms with Gasteiger partial charge in [-0.25, -0.2) is 0 Å². The molecule has 0 unspecified atom stereocenters. The lowest BCUT2D eigenvalue weighted by molar-refractivity contribution is -0.158. The minimum Gasteiger partial charge on any atom is -0.480 e. The molecule has 0 fully saturated rings. The highest BCUT2D eigenvalue weighted by Gasteiger charge is 2.30. The molecule has 0 bridgehead atoms. The van der Waals surface area contributed by atoms with Crippen LogP contribution in [0.4, 0.5) is 0 Å². The lowest BCUT2D eigenvalue weighted by atomic mass is 10.0. The fraction of sp³-hybridized carbons (Fsp3) is 0.600. The molecule has 1 aromatic rings. The van der Waals surface area contributed by atoms with Crippen LogP contribution in [0.3, 0.4) is 0 Å². The van der Waals surface area contributed by atoms with Gasteiger partial charge in [0.05, 0.1) is 0 Å². The van der Waals surface area contributed by atoms with Gasteiger partial charge in [-0.15, -0.1) is 0 Å². The van der Waals surface area contributed by atoms with Crippen molar-refractivity contribution in [3.05, 3.63) is 35.9 Å². The molecule has 0 aromatic heterocycles. The van der Waals surface area contributed by atoms with Gasteiger partial charge in [-0.3, -0.25) is 14.9 Å². The van der Waals surface area contributed by atoms with Crippen molar-refractivity contribution in [1.82, 2.24) is 5.32 Å². The Balaban J connectivity index is 2.85. The number of nitrogens with one attached hydrogen (secondary N) is 1. The zero-order valence-corrected chi connectivity index (χ0v) is 15.9. The van der Waals surface area contributed by atoms with Gasteiger partial charge in [0.25, 0.3) is 0 Å². The van der Waals surface area contributed by atoms with Crippen LogP contribution in [0.1, 0.15) is 53.0 Å². The Morgan fingerprint density at radius 1 is 1.12 bits per heavy atom. The second kappa shape index (κ2) is 9.56. The summed E-state index contributed by atoms with van der Waals surface area (Å²) in [6.45, 7) is 9.35. The van der Waals surface area contributed by atoms with Crippen LogP contribution in [0.25, 0.3) is 0 Å². The first-order valence-corrected chi connectivity index (χ1v) is 8.84. The highest BCUT2D eigenvalue weighted by molar-refractivity contribution is 5.79. The van der Waals surface area contributed by atoms with E-state index in [9.17, 15) is 14.7 Å². The van der Waals surface area contributed by atoms with Crippen molar-refractivity contribution < 1.29 is 19.4 Å². The molecule has 1 rings (SSSR count). The molecule has 25 heavy (non-hydrogen) atoms. The maximum Gasteiger partial charge on any atom is 0.323 e. The van der Waals surface area contributed by atoms with Gasteiger partial charge in [0.15, 0.2) is 0 Å². The molecule has 5 nitrogen and oxygen atoms in total. The van der Waals surface area contributed by atoms with Gasteiger partial charge in [0, 0.05) is 0 Å². The average molecular weight is 349 g/mol. The molecule has 0 heterocycles. The van der Waals surface area contributed by atoms with E-state index < -0.39 is 29.6 Å². The van der Waals surface area contributed by atoms with Gasteiger partial charge in [0.2, 0.25) is 0 Å². The second-order valence-electron chi connectivity index (χ2n) is 7.80. The van der Waals surface area contributed by atoms with E-state index in [1.807, 2.05) is 65.0 Å². The topological polar surface area (TPSA) is 75.6 Å². The fourth-order valence-electron chi connectivity index (χ4n) is 2.55. The average Bonchev–Trinajstić information content (AvgIpc) is 2.48. The summed E-state index contributed by atoms with van der Waals surface area (Å²) < 4.78 is 5.48. The summed E-state index contributed by atoms with van der Waals surface area (Å²) in [4.78, 5) is 24.1. The largest absolute Gasteiger partial charge is 0.480 e. The van der Waals surface area contributed by atoms with E-state index in [-0.39, 0.29) is 5.92 Å². The number of rotatable bonds is 9. The van der Waals surface area contributed by atoms with E-state index in [2.05, 4.69) is 5.32 Å². The summed E-state index contributed by atoms with van der Waals surface area (Å²) in [5.41, 5.74) is 0.495. The highest BCUT2D eigenvalue weighted by atomic mass is 16.6. The van der Waals surface area contributed by atoms with Crippen LogP contribution in [-0.2, 0) is 20.7 Å². The molecular formula is C20H31NO4. The van der Waals surface area contributed by atoms with E-state index in [0.29, 0.717) is 19.3 Å². The van der Waals surface area contributed by atoms with Crippen molar-refractivity contribution in [2.75, 3.05) is 0 Å². The smallest absolute Gasteiger partial charge is 0.323 e. The van der Waals surface area contributed by atoms with Crippen LogP contribution >= 0.6 is 0 Å². The summed E-state index contributed by atoms with van der Waals surface area (Å²) in [6.07, 6.45) is 1.62. The van der Waals surface area contributed by atoms with Crippen molar-refractivity contribution in [1.29, 1.82) is 0 Å². The minimum absolute atomic E-state index is 0.210. The Hall–Kier alpha value is -1.88. The molecule has 2 N–H and O–H groups in total. The molecule has 0 radical (unpaired) electrons. The normalized spacial score (nSPS) is 14.2. The third-order valence-corrected chi connectivity index (χ3v) is 3.66. The number of carbonyl (C=O) groups excluding carboxylic acids is 1. The number of hydrogen-bond acceptors (Lipinski definition) is 4. The minimum atomic E-state index is -0.943. The number of carboxylic acids is 1. The van der Waals surface area contributed by atoms with Crippen LogP contribution < -0.4 is 5.32 Å². The van der Waals surface area contributed by atoms with E-state index in [0.717, 1.165) is 5.56 Å². The Morgan fingerprint density at radius 2 is 1.72 bits per heavy atom. The van der Waals surface area contributed by atoms with Crippen molar-refractivity contribution >= 4 is 11.9 Å². The first-order valence-electron chi connectivity index (χ1n) is 8.84. The van der Waals surface area contributed by atoms with Gasteiger partial charge in [-0.1, -0.05) is 44.2 Å². The number of ether oxygens (including phenoxy) is 1. The predicted molar refractivity (Wildman–Crippen MR) is 98.4 cm³/mol. The van der Waals surface area contributed by atoms with Gasteiger partial charge in [-0.2, -0.15) is 0 Å². The predicted octanol–water partition coefficient (Wildman–Crippen LogP) is 3.42. The summed E-state index contributed by atoms with van der Waals surface area (Å²) in [6, 6.07) is 8.40. The van der Waals surface area contributed by atoms with Crippen LogP contribution in [-0.4, -0.2) is 34.7 Å². The highest BCUT2D eigenvalue weighted by Crippen LogP contribution is 2.14. The molecule has 0 saturated carbocycles. The third-order valence-electron chi connectivity index (χ3n) is 3.66. The maximum atomic E-state index is 12.5. The van der Waals surface area contributed by atoms with Crippen LogP contribution in [0, 0.1) is 5.92 Å². The summed E-state index contributed by atoms with van der Waals surface area (Å²) >= 11 is 0. The summed E-state index contributed by atoms with van der Waals surface area (Å²) in [5.74, 6) is -1.14. The number of esters is 1. The summed E-state index contributed by atoms with van der Waals surface area (Å²) in [5, 5.41) is 12.5. The van der Waals surface area contributed by atoms with Gasteiger partial charge in [-0.05, 0) is 51.5 Å².